The highest BCUT2D eigenvalue weighted by Gasteiger charge is 2.03. The molecule has 2 N–H and O–H groups in total. The molecule has 0 spiro atoms. The predicted octanol–water partition coefficient (Wildman–Crippen LogP) is 4.22. The van der Waals surface area contributed by atoms with Gasteiger partial charge in [-0.25, -0.2) is 9.78 Å². The maximum atomic E-state index is 12.2. The van der Waals surface area contributed by atoms with Crippen LogP contribution < -0.4 is 5.32 Å². The number of nitrogens with zero attached hydrogens (tertiary/aromatic N) is 1. The highest BCUT2D eigenvalue weighted by atomic mass is 16.4. The van der Waals surface area contributed by atoms with Gasteiger partial charge >= 0.3 is 6.09 Å². The van der Waals surface area contributed by atoms with Crippen LogP contribution >= 0.6 is 0 Å². The number of hydrogen-bond donors (Lipinski definition) is 2. The Hall–Kier alpha value is -3.47. The van der Waals surface area contributed by atoms with E-state index in [2.05, 4.69) is 10.3 Å². The second-order valence-corrected chi connectivity index (χ2v) is 5.13. The summed E-state index contributed by atoms with van der Waals surface area (Å²) in [6.45, 7) is 0. The van der Waals surface area contributed by atoms with Crippen LogP contribution in [0.25, 0.3) is 17.0 Å². The minimum absolute atomic E-state index is 0.174. The molecule has 0 aliphatic carbocycles. The summed E-state index contributed by atoms with van der Waals surface area (Å²) in [6, 6.07) is 17.8. The number of carbonyl (C=O) groups excluding carboxylic acids is 1. The van der Waals surface area contributed by atoms with Crippen molar-refractivity contribution in [3.8, 4) is 0 Å². The van der Waals surface area contributed by atoms with E-state index in [9.17, 15) is 9.59 Å². The van der Waals surface area contributed by atoms with E-state index in [0.717, 1.165) is 10.9 Å². The molecule has 0 unspecified atom stereocenters. The molecular weight excluding hydrogens is 304 g/mol. The third kappa shape index (κ3) is 3.64. The summed E-state index contributed by atoms with van der Waals surface area (Å²) in [6.07, 6.45) is 1.98. The molecule has 0 aliphatic heterocycles. The summed E-state index contributed by atoms with van der Waals surface area (Å²) in [5, 5.41) is 11.9. The average molecular weight is 318 g/mol. The van der Waals surface area contributed by atoms with Gasteiger partial charge in [0.1, 0.15) is 0 Å². The summed E-state index contributed by atoms with van der Waals surface area (Å²) >= 11 is 0. The molecule has 3 aromatic rings. The van der Waals surface area contributed by atoms with Crippen molar-refractivity contribution in [1.82, 2.24) is 4.98 Å². The van der Waals surface area contributed by atoms with Crippen molar-refractivity contribution >= 4 is 34.5 Å². The van der Waals surface area contributed by atoms with Crippen molar-refractivity contribution in [3.05, 3.63) is 78.0 Å². The molecule has 2 aromatic carbocycles. The fourth-order valence-corrected chi connectivity index (χ4v) is 2.27. The standard InChI is InChI=1S/C19H14N2O3/c22-18(14-6-9-16(10-7-14)21-19(23)24)12-11-15-8-5-13-3-1-2-4-17(13)20-15/h1-12,21H,(H,23,24). The number of hydrogen-bond acceptors (Lipinski definition) is 3. The zero-order chi connectivity index (χ0) is 16.9. The smallest absolute Gasteiger partial charge is 0.409 e. The van der Waals surface area contributed by atoms with Crippen molar-refractivity contribution in [2.45, 2.75) is 0 Å². The van der Waals surface area contributed by atoms with E-state index < -0.39 is 6.09 Å². The second kappa shape index (κ2) is 6.75. The summed E-state index contributed by atoms with van der Waals surface area (Å²) in [4.78, 5) is 27.2. The van der Waals surface area contributed by atoms with Gasteiger partial charge in [-0.05, 0) is 48.6 Å². The van der Waals surface area contributed by atoms with Crippen LogP contribution in [0.4, 0.5) is 10.5 Å². The van der Waals surface area contributed by atoms with Crippen LogP contribution in [-0.2, 0) is 0 Å². The molecule has 1 heterocycles. The summed E-state index contributed by atoms with van der Waals surface area (Å²) in [5.74, 6) is -0.174. The Morgan fingerprint density at radius 3 is 2.46 bits per heavy atom. The molecule has 3 rings (SSSR count). The molecule has 0 radical (unpaired) electrons. The first kappa shape index (κ1) is 15.4. The normalized spacial score (nSPS) is 10.8. The molecule has 118 valence electrons. The van der Waals surface area contributed by atoms with E-state index >= 15 is 0 Å². The van der Waals surface area contributed by atoms with Crippen LogP contribution in [0.15, 0.2) is 66.7 Å². The number of amides is 1. The third-order valence-electron chi connectivity index (χ3n) is 3.45. The Balaban J connectivity index is 1.75. The number of para-hydroxylation sites is 1. The lowest BCUT2D eigenvalue weighted by Crippen LogP contribution is -2.07. The number of ketones is 1. The van der Waals surface area contributed by atoms with Crippen LogP contribution in [0.1, 0.15) is 16.1 Å². The Labute approximate surface area is 138 Å². The van der Waals surface area contributed by atoms with Gasteiger partial charge in [0, 0.05) is 16.6 Å². The SMILES string of the molecule is O=C(O)Nc1ccc(C(=O)C=Cc2ccc3ccccc3n2)cc1. The van der Waals surface area contributed by atoms with Crippen LogP contribution in [0.2, 0.25) is 0 Å². The maximum absolute atomic E-state index is 12.2. The lowest BCUT2D eigenvalue weighted by molar-refractivity contribution is 0.104. The van der Waals surface area contributed by atoms with E-state index in [0.29, 0.717) is 16.9 Å². The van der Waals surface area contributed by atoms with E-state index in [4.69, 9.17) is 5.11 Å². The van der Waals surface area contributed by atoms with Gasteiger partial charge in [0.2, 0.25) is 0 Å². The largest absolute Gasteiger partial charge is 0.465 e. The van der Waals surface area contributed by atoms with Crippen LogP contribution in [0.5, 0.6) is 0 Å². The Morgan fingerprint density at radius 1 is 0.958 bits per heavy atom. The molecule has 0 atom stereocenters. The number of benzene rings is 2. The van der Waals surface area contributed by atoms with Crippen molar-refractivity contribution in [2.75, 3.05) is 5.32 Å². The van der Waals surface area contributed by atoms with Crippen LogP contribution in [0.3, 0.4) is 0 Å². The molecule has 1 amide bonds. The first-order valence-electron chi connectivity index (χ1n) is 7.30. The number of fused-ring (bicyclic) bond motifs is 1. The molecule has 0 bridgehead atoms. The first-order chi connectivity index (χ1) is 11.6. The van der Waals surface area contributed by atoms with Crippen molar-refractivity contribution in [1.29, 1.82) is 0 Å². The number of allylic oxidation sites excluding steroid dienone is 1. The minimum Gasteiger partial charge on any atom is -0.465 e. The quantitative estimate of drug-likeness (QED) is 0.557. The van der Waals surface area contributed by atoms with Gasteiger partial charge in [-0.1, -0.05) is 24.3 Å². The van der Waals surface area contributed by atoms with Crippen molar-refractivity contribution in [2.24, 2.45) is 0 Å². The zero-order valence-corrected chi connectivity index (χ0v) is 12.6. The molecule has 0 saturated carbocycles. The molecule has 0 fully saturated rings. The lowest BCUT2D eigenvalue weighted by Gasteiger charge is -2.01. The summed E-state index contributed by atoms with van der Waals surface area (Å²) < 4.78 is 0. The number of rotatable bonds is 4. The molecule has 0 saturated heterocycles. The molecule has 1 aromatic heterocycles. The van der Waals surface area contributed by atoms with Gasteiger partial charge in [0.15, 0.2) is 5.78 Å². The number of pyridine rings is 1. The summed E-state index contributed by atoms with van der Waals surface area (Å²) in [5.41, 5.74) is 2.46. The molecule has 0 aliphatic rings. The number of nitrogens with one attached hydrogen (secondary N) is 1. The highest BCUT2D eigenvalue weighted by Crippen LogP contribution is 2.14. The lowest BCUT2D eigenvalue weighted by atomic mass is 10.1. The van der Waals surface area contributed by atoms with Gasteiger partial charge < -0.3 is 5.11 Å². The first-order valence-corrected chi connectivity index (χ1v) is 7.30. The van der Waals surface area contributed by atoms with Gasteiger partial charge in [-0.2, -0.15) is 0 Å². The molecule has 5 heteroatoms. The fraction of sp³-hybridized carbons (Fsp3) is 0. The second-order valence-electron chi connectivity index (χ2n) is 5.13. The van der Waals surface area contributed by atoms with Crippen LogP contribution in [-0.4, -0.2) is 22.0 Å². The van der Waals surface area contributed by atoms with Gasteiger partial charge in [-0.3, -0.25) is 10.1 Å². The van der Waals surface area contributed by atoms with Gasteiger partial charge in [0.05, 0.1) is 11.2 Å². The topological polar surface area (TPSA) is 79.3 Å². The predicted molar refractivity (Wildman–Crippen MR) is 93.2 cm³/mol. The number of aromatic nitrogens is 1. The minimum atomic E-state index is -1.14. The molecule has 5 nitrogen and oxygen atoms in total. The van der Waals surface area contributed by atoms with E-state index in [1.807, 2.05) is 36.4 Å². The monoisotopic (exact) mass is 318 g/mol. The van der Waals surface area contributed by atoms with E-state index in [1.54, 1.807) is 30.3 Å². The Kier molecular flexibility index (Phi) is 4.34. The number of anilines is 1. The fourth-order valence-electron chi connectivity index (χ4n) is 2.27. The van der Waals surface area contributed by atoms with Gasteiger partial charge in [-0.15, -0.1) is 0 Å². The maximum Gasteiger partial charge on any atom is 0.409 e. The average Bonchev–Trinajstić information content (AvgIpc) is 2.59. The number of carbonyl (C=O) groups is 2. The van der Waals surface area contributed by atoms with Crippen molar-refractivity contribution < 1.29 is 14.7 Å². The van der Waals surface area contributed by atoms with Crippen molar-refractivity contribution in [3.63, 3.8) is 0 Å². The van der Waals surface area contributed by atoms with Crippen LogP contribution in [0, 0.1) is 0 Å². The van der Waals surface area contributed by atoms with Gasteiger partial charge in [0.25, 0.3) is 0 Å². The highest BCUT2D eigenvalue weighted by molar-refractivity contribution is 6.07. The third-order valence-corrected chi connectivity index (χ3v) is 3.45. The zero-order valence-electron chi connectivity index (χ0n) is 12.6. The number of carboxylic acid groups (broad SMARTS) is 1. The Morgan fingerprint density at radius 2 is 1.71 bits per heavy atom. The molecular formula is C19H14N2O3. The van der Waals surface area contributed by atoms with E-state index in [1.165, 1.54) is 6.08 Å². The summed E-state index contributed by atoms with van der Waals surface area (Å²) in [7, 11) is 0. The van der Waals surface area contributed by atoms with E-state index in [-0.39, 0.29) is 5.78 Å². The molecule has 24 heavy (non-hydrogen) atoms. The Bertz CT molecular complexity index is 931.